The summed E-state index contributed by atoms with van der Waals surface area (Å²) in [6.07, 6.45) is 3.13. The van der Waals surface area contributed by atoms with Crippen LogP contribution in [0.5, 0.6) is 0 Å². The van der Waals surface area contributed by atoms with Gasteiger partial charge in [-0.05, 0) is 12.1 Å². The lowest BCUT2D eigenvalue weighted by atomic mass is 10.2. The predicted molar refractivity (Wildman–Crippen MR) is 62.2 cm³/mol. The van der Waals surface area contributed by atoms with Crippen LogP contribution in [0, 0.1) is 5.82 Å². The molecule has 0 amide bonds. The van der Waals surface area contributed by atoms with E-state index in [1.165, 1.54) is 23.0 Å². The molecule has 3 rings (SSSR count). The largest absolute Gasteiger partial charge is 0.329 e. The molecule has 0 radical (unpaired) electrons. The molecule has 3 aromatic rings. The highest BCUT2D eigenvalue weighted by molar-refractivity contribution is 7.79. The van der Waals surface area contributed by atoms with Gasteiger partial charge in [0.25, 0.3) is 0 Å². The molecule has 1 unspecified atom stereocenters. The van der Waals surface area contributed by atoms with Gasteiger partial charge in [-0.2, -0.15) is 5.10 Å². The Morgan fingerprint density at radius 1 is 1.44 bits per heavy atom. The fourth-order valence-electron chi connectivity index (χ4n) is 1.67. The number of rotatable bonds is 2. The number of nitrogens with zero attached hydrogens (tertiary/aromatic N) is 3. The van der Waals surface area contributed by atoms with Crippen LogP contribution in [0.2, 0.25) is 0 Å². The Morgan fingerprint density at radius 2 is 2.28 bits per heavy atom. The van der Waals surface area contributed by atoms with Gasteiger partial charge >= 0.3 is 0 Å². The lowest BCUT2D eigenvalue weighted by Crippen LogP contribution is -1.97. The number of halogens is 1. The number of aromatic nitrogens is 4. The first-order chi connectivity index (χ1) is 8.65. The second-order valence-corrected chi connectivity index (χ2v) is 4.45. The maximum absolute atomic E-state index is 13.8. The van der Waals surface area contributed by atoms with E-state index in [0.717, 1.165) is 0 Å². The van der Waals surface area contributed by atoms with Gasteiger partial charge in [0, 0.05) is 18.5 Å². The fourth-order valence-corrected chi connectivity index (χ4v) is 2.04. The van der Waals surface area contributed by atoms with Gasteiger partial charge in [0.2, 0.25) is 16.2 Å². The van der Waals surface area contributed by atoms with Crippen molar-refractivity contribution in [3.63, 3.8) is 0 Å². The molecule has 2 heterocycles. The molecule has 0 aliphatic heterocycles. The summed E-state index contributed by atoms with van der Waals surface area (Å²) in [4.78, 5) is 6.49. The first-order valence-electron chi connectivity index (χ1n) is 4.95. The summed E-state index contributed by atoms with van der Waals surface area (Å²) in [5.41, 5.74) is 0.995. The minimum Gasteiger partial charge on any atom is -0.329 e. The van der Waals surface area contributed by atoms with Crippen LogP contribution in [0.3, 0.4) is 0 Å². The highest BCUT2D eigenvalue weighted by Crippen LogP contribution is 2.20. The summed E-state index contributed by atoms with van der Waals surface area (Å²) >= 11 is -2.22. The molecular weight excluding hydrogens is 259 g/mol. The van der Waals surface area contributed by atoms with Crippen molar-refractivity contribution >= 4 is 22.1 Å². The fraction of sp³-hybridized carbons (Fsp3) is 0. The Hall–Kier alpha value is -2.06. The summed E-state index contributed by atoms with van der Waals surface area (Å²) in [5, 5.41) is 3.82. The Kier molecular flexibility index (Phi) is 2.46. The van der Waals surface area contributed by atoms with Crippen LogP contribution in [0.1, 0.15) is 0 Å². The first-order valence-corrected chi connectivity index (χ1v) is 6.06. The quantitative estimate of drug-likeness (QED) is 0.688. The summed E-state index contributed by atoms with van der Waals surface area (Å²) in [6.45, 7) is 0. The molecule has 0 fully saturated rings. The van der Waals surface area contributed by atoms with Crippen LogP contribution >= 0.6 is 0 Å². The molecule has 2 aromatic heterocycles. The highest BCUT2D eigenvalue weighted by Gasteiger charge is 2.12. The van der Waals surface area contributed by atoms with E-state index in [1.54, 1.807) is 12.3 Å². The smallest absolute Gasteiger partial charge is 0.225 e. The zero-order valence-electron chi connectivity index (χ0n) is 8.87. The summed E-state index contributed by atoms with van der Waals surface area (Å²) in [5.74, 6) is -0.495. The number of hydrogen-bond acceptors (Lipinski definition) is 3. The van der Waals surface area contributed by atoms with Gasteiger partial charge in [-0.1, -0.05) is 0 Å². The predicted octanol–water partition coefficient (Wildman–Crippen LogP) is 1.47. The number of fused-ring (bicyclic) bond motifs is 1. The van der Waals surface area contributed by atoms with Crippen LogP contribution in [0.25, 0.3) is 16.7 Å². The zero-order valence-corrected chi connectivity index (χ0v) is 9.69. The van der Waals surface area contributed by atoms with Crippen LogP contribution in [0.4, 0.5) is 4.39 Å². The second-order valence-electron chi connectivity index (χ2n) is 3.56. The van der Waals surface area contributed by atoms with Crippen molar-refractivity contribution in [1.82, 2.24) is 19.7 Å². The van der Waals surface area contributed by atoms with Gasteiger partial charge in [0.1, 0.15) is 5.69 Å². The van der Waals surface area contributed by atoms with E-state index in [1.807, 2.05) is 0 Å². The van der Waals surface area contributed by atoms with E-state index in [4.69, 9.17) is 4.55 Å². The zero-order chi connectivity index (χ0) is 12.7. The van der Waals surface area contributed by atoms with Crippen LogP contribution in [-0.4, -0.2) is 28.5 Å². The molecule has 2 N–H and O–H groups in total. The molecule has 0 spiro atoms. The maximum atomic E-state index is 13.8. The van der Waals surface area contributed by atoms with Gasteiger partial charge in [-0.3, -0.25) is 4.55 Å². The first kappa shape index (κ1) is 11.1. The van der Waals surface area contributed by atoms with Crippen LogP contribution in [-0.2, 0) is 11.1 Å². The van der Waals surface area contributed by atoms with Crippen molar-refractivity contribution in [2.45, 2.75) is 5.16 Å². The molecule has 1 atom stereocenters. The van der Waals surface area contributed by atoms with Crippen LogP contribution in [0.15, 0.2) is 35.7 Å². The molecule has 0 saturated heterocycles. The van der Waals surface area contributed by atoms with E-state index < -0.39 is 16.9 Å². The number of nitrogens with one attached hydrogen (secondary N) is 1. The van der Waals surface area contributed by atoms with Crippen molar-refractivity contribution < 1.29 is 13.2 Å². The minimum absolute atomic E-state index is 0.109. The molecule has 0 aliphatic rings. The lowest BCUT2D eigenvalue weighted by Gasteiger charge is -2.02. The molecule has 0 bridgehead atoms. The van der Waals surface area contributed by atoms with E-state index in [-0.39, 0.29) is 10.8 Å². The Labute approximate surface area is 103 Å². The van der Waals surface area contributed by atoms with Crippen molar-refractivity contribution in [2.75, 3.05) is 0 Å². The molecule has 92 valence electrons. The van der Waals surface area contributed by atoms with Crippen molar-refractivity contribution in [1.29, 1.82) is 0 Å². The molecular formula is C10H7FN4O2S. The van der Waals surface area contributed by atoms with E-state index in [2.05, 4.69) is 15.1 Å². The Balaban J connectivity index is 2.23. The Morgan fingerprint density at radius 3 is 2.94 bits per heavy atom. The molecule has 6 nitrogen and oxygen atoms in total. The average molecular weight is 266 g/mol. The van der Waals surface area contributed by atoms with Crippen molar-refractivity contribution in [3.05, 3.63) is 36.4 Å². The number of H-pyrrole nitrogens is 1. The van der Waals surface area contributed by atoms with Gasteiger partial charge in [-0.25, -0.2) is 18.3 Å². The van der Waals surface area contributed by atoms with E-state index in [9.17, 15) is 8.60 Å². The molecule has 0 saturated carbocycles. The molecule has 1 aromatic carbocycles. The number of hydrogen-bond donors (Lipinski definition) is 2. The highest BCUT2D eigenvalue weighted by atomic mass is 32.2. The van der Waals surface area contributed by atoms with Gasteiger partial charge in [0.15, 0.2) is 5.82 Å². The Bertz CT molecular complexity index is 738. The second kappa shape index (κ2) is 4.00. The third-order valence-electron chi connectivity index (χ3n) is 2.45. The van der Waals surface area contributed by atoms with E-state index >= 15 is 0 Å². The third-order valence-corrected chi connectivity index (χ3v) is 2.97. The van der Waals surface area contributed by atoms with Crippen LogP contribution < -0.4 is 0 Å². The third kappa shape index (κ3) is 1.71. The number of imidazole rings is 1. The van der Waals surface area contributed by atoms with Gasteiger partial charge < -0.3 is 4.98 Å². The normalized spacial score (nSPS) is 13.0. The standard InChI is InChI=1S/C10H7FN4O2S/c11-6-4-7-8(14-10(13-7)18(16)17)5-9(6)15-3-1-2-12-15/h1-5H,(H,13,14)(H,16,17). The molecule has 0 aliphatic carbocycles. The monoisotopic (exact) mass is 266 g/mol. The van der Waals surface area contributed by atoms with E-state index in [0.29, 0.717) is 11.0 Å². The molecule has 8 heteroatoms. The number of aromatic amines is 1. The minimum atomic E-state index is -2.22. The molecule has 18 heavy (non-hydrogen) atoms. The summed E-state index contributed by atoms with van der Waals surface area (Å²) < 4.78 is 35.0. The summed E-state index contributed by atoms with van der Waals surface area (Å²) in [6, 6.07) is 4.35. The van der Waals surface area contributed by atoms with Gasteiger partial charge in [-0.15, -0.1) is 0 Å². The van der Waals surface area contributed by atoms with Crippen molar-refractivity contribution in [3.8, 4) is 5.69 Å². The summed E-state index contributed by atoms with van der Waals surface area (Å²) in [7, 11) is 0. The average Bonchev–Trinajstić information content (AvgIpc) is 2.95. The SMILES string of the molecule is O=S(O)c1nc2cc(-n3cccn3)c(F)cc2[nH]1. The maximum Gasteiger partial charge on any atom is 0.225 e. The lowest BCUT2D eigenvalue weighted by molar-refractivity contribution is 0.557. The van der Waals surface area contributed by atoms with Crippen molar-refractivity contribution in [2.24, 2.45) is 0 Å². The number of benzene rings is 1. The van der Waals surface area contributed by atoms with Gasteiger partial charge in [0.05, 0.1) is 11.0 Å². The topological polar surface area (TPSA) is 83.8 Å².